The number of thiazole rings is 1. The minimum atomic E-state index is -0.231. The van der Waals surface area contributed by atoms with Crippen LogP contribution in [-0.2, 0) is 22.4 Å². The second-order valence-corrected chi connectivity index (χ2v) is 5.49. The van der Waals surface area contributed by atoms with Crippen LogP contribution in [0, 0.1) is 0 Å². The lowest BCUT2D eigenvalue weighted by molar-refractivity contribution is -0.139. The van der Waals surface area contributed by atoms with Crippen LogP contribution in [0.1, 0.15) is 43.3 Å². The van der Waals surface area contributed by atoms with Crippen molar-refractivity contribution in [2.24, 2.45) is 0 Å². The minimum Gasteiger partial charge on any atom is -0.469 e. The molecule has 1 aromatic heterocycles. The SMILES string of the molecule is CCCCCCNCCc1nc(CC(=O)OC)cs1. The molecule has 0 aliphatic heterocycles. The van der Waals surface area contributed by atoms with Crippen LogP contribution in [0.15, 0.2) is 5.38 Å². The zero-order valence-electron chi connectivity index (χ0n) is 11.9. The predicted octanol–water partition coefficient (Wildman–Crippen LogP) is 2.57. The number of methoxy groups -OCH3 is 1. The third kappa shape index (κ3) is 7.28. The Morgan fingerprint density at radius 1 is 1.37 bits per heavy atom. The Morgan fingerprint density at radius 3 is 2.95 bits per heavy atom. The highest BCUT2D eigenvalue weighted by Crippen LogP contribution is 2.11. The van der Waals surface area contributed by atoms with E-state index in [0.717, 1.165) is 30.2 Å². The summed E-state index contributed by atoms with van der Waals surface area (Å²) >= 11 is 1.62. The summed E-state index contributed by atoms with van der Waals surface area (Å²) < 4.78 is 4.62. The van der Waals surface area contributed by atoms with Gasteiger partial charge in [0.05, 0.1) is 24.2 Å². The van der Waals surface area contributed by atoms with Crippen LogP contribution in [0.25, 0.3) is 0 Å². The molecule has 0 fully saturated rings. The first-order valence-electron chi connectivity index (χ1n) is 6.97. The van der Waals surface area contributed by atoms with E-state index in [0.29, 0.717) is 0 Å². The van der Waals surface area contributed by atoms with Crippen LogP contribution in [-0.4, -0.2) is 31.2 Å². The molecule has 1 rings (SSSR count). The van der Waals surface area contributed by atoms with Crippen molar-refractivity contribution in [2.45, 2.75) is 45.4 Å². The lowest BCUT2D eigenvalue weighted by Crippen LogP contribution is -2.18. The number of ether oxygens (including phenoxy) is 1. The summed E-state index contributed by atoms with van der Waals surface area (Å²) in [7, 11) is 1.40. The highest BCUT2D eigenvalue weighted by molar-refractivity contribution is 7.09. The average Bonchev–Trinajstić information content (AvgIpc) is 2.85. The summed E-state index contributed by atoms with van der Waals surface area (Å²) in [5.41, 5.74) is 0.815. The number of hydrogen-bond acceptors (Lipinski definition) is 5. The molecule has 0 aromatic carbocycles. The van der Waals surface area contributed by atoms with E-state index in [9.17, 15) is 4.79 Å². The van der Waals surface area contributed by atoms with Crippen molar-refractivity contribution in [3.05, 3.63) is 16.1 Å². The van der Waals surface area contributed by atoms with E-state index < -0.39 is 0 Å². The molecule has 0 saturated heterocycles. The van der Waals surface area contributed by atoms with E-state index in [2.05, 4.69) is 22.0 Å². The smallest absolute Gasteiger partial charge is 0.311 e. The summed E-state index contributed by atoms with van der Waals surface area (Å²) in [5.74, 6) is -0.231. The van der Waals surface area contributed by atoms with Crippen LogP contribution in [0.3, 0.4) is 0 Å². The van der Waals surface area contributed by atoms with Gasteiger partial charge in [0.25, 0.3) is 0 Å². The number of carbonyl (C=O) groups excluding carboxylic acids is 1. The third-order valence-corrected chi connectivity index (χ3v) is 3.83. The van der Waals surface area contributed by atoms with Gasteiger partial charge in [0, 0.05) is 18.3 Å². The molecular formula is C14H24N2O2S. The Bertz CT molecular complexity index is 366. The van der Waals surface area contributed by atoms with Gasteiger partial charge in [-0.3, -0.25) is 4.79 Å². The van der Waals surface area contributed by atoms with E-state index in [1.807, 2.05) is 5.38 Å². The molecule has 0 bridgehead atoms. The molecule has 0 atom stereocenters. The standard InChI is InChI=1S/C14H24N2O2S/c1-3-4-5-6-8-15-9-7-13-16-12(11-19-13)10-14(17)18-2/h11,15H,3-10H2,1-2H3. The highest BCUT2D eigenvalue weighted by atomic mass is 32.1. The predicted molar refractivity (Wildman–Crippen MR) is 78.5 cm³/mol. The number of carbonyl (C=O) groups is 1. The molecule has 0 unspecified atom stereocenters. The van der Waals surface area contributed by atoms with Crippen molar-refractivity contribution < 1.29 is 9.53 Å². The fourth-order valence-electron chi connectivity index (χ4n) is 1.76. The van der Waals surface area contributed by atoms with E-state index in [1.165, 1.54) is 32.8 Å². The van der Waals surface area contributed by atoms with E-state index in [-0.39, 0.29) is 12.4 Å². The number of nitrogens with zero attached hydrogens (tertiary/aromatic N) is 1. The van der Waals surface area contributed by atoms with E-state index >= 15 is 0 Å². The molecule has 1 N–H and O–H groups in total. The largest absolute Gasteiger partial charge is 0.469 e. The van der Waals surface area contributed by atoms with Crippen LogP contribution in [0.5, 0.6) is 0 Å². The number of aromatic nitrogens is 1. The second kappa shape index (κ2) is 9.92. The number of unbranched alkanes of at least 4 members (excludes halogenated alkanes) is 3. The molecule has 4 nitrogen and oxygen atoms in total. The molecule has 0 amide bonds. The zero-order chi connectivity index (χ0) is 13.9. The molecule has 1 heterocycles. The van der Waals surface area contributed by atoms with Crippen molar-refractivity contribution in [3.63, 3.8) is 0 Å². The molecule has 0 spiro atoms. The summed E-state index contributed by atoms with van der Waals surface area (Å²) in [6.45, 7) is 4.26. The van der Waals surface area contributed by atoms with Gasteiger partial charge < -0.3 is 10.1 Å². The molecule has 0 aliphatic carbocycles. The van der Waals surface area contributed by atoms with E-state index in [1.54, 1.807) is 11.3 Å². The van der Waals surface area contributed by atoms with Crippen molar-refractivity contribution in [3.8, 4) is 0 Å². The van der Waals surface area contributed by atoms with E-state index in [4.69, 9.17) is 0 Å². The quantitative estimate of drug-likeness (QED) is 0.530. The second-order valence-electron chi connectivity index (χ2n) is 4.55. The number of nitrogens with one attached hydrogen (secondary N) is 1. The molecule has 1 aromatic rings. The first kappa shape index (κ1) is 16.1. The van der Waals surface area contributed by atoms with Crippen molar-refractivity contribution >= 4 is 17.3 Å². The van der Waals surface area contributed by atoms with Crippen molar-refractivity contribution in [2.75, 3.05) is 20.2 Å². The summed E-state index contributed by atoms with van der Waals surface area (Å²) in [5, 5.41) is 6.45. The van der Waals surface area contributed by atoms with Gasteiger partial charge in [-0.25, -0.2) is 4.98 Å². The zero-order valence-corrected chi connectivity index (χ0v) is 12.7. The van der Waals surface area contributed by atoms with Gasteiger partial charge in [-0.05, 0) is 13.0 Å². The summed E-state index contributed by atoms with van der Waals surface area (Å²) in [6, 6.07) is 0. The lowest BCUT2D eigenvalue weighted by Gasteiger charge is -2.02. The Balaban J connectivity index is 2.11. The van der Waals surface area contributed by atoms with Crippen LogP contribution in [0.2, 0.25) is 0 Å². The van der Waals surface area contributed by atoms with Crippen molar-refractivity contribution in [1.82, 2.24) is 10.3 Å². The average molecular weight is 284 g/mol. The number of rotatable bonds is 10. The van der Waals surface area contributed by atoms with Gasteiger partial charge >= 0.3 is 5.97 Å². The van der Waals surface area contributed by atoms with Gasteiger partial charge in [0.2, 0.25) is 0 Å². The molecular weight excluding hydrogens is 260 g/mol. The maximum absolute atomic E-state index is 11.1. The van der Waals surface area contributed by atoms with Crippen LogP contribution >= 0.6 is 11.3 Å². The normalized spacial score (nSPS) is 10.6. The monoisotopic (exact) mass is 284 g/mol. The van der Waals surface area contributed by atoms with Gasteiger partial charge in [0.15, 0.2) is 0 Å². The van der Waals surface area contributed by atoms with Gasteiger partial charge in [0.1, 0.15) is 0 Å². The molecule has 0 saturated carbocycles. The molecule has 19 heavy (non-hydrogen) atoms. The Kier molecular flexibility index (Phi) is 8.41. The first-order valence-corrected chi connectivity index (χ1v) is 7.85. The molecule has 5 heteroatoms. The van der Waals surface area contributed by atoms with Crippen LogP contribution in [0.4, 0.5) is 0 Å². The number of esters is 1. The Hall–Kier alpha value is -0.940. The number of hydrogen-bond donors (Lipinski definition) is 1. The van der Waals surface area contributed by atoms with Gasteiger partial charge in [-0.2, -0.15) is 0 Å². The molecule has 0 aliphatic rings. The first-order chi connectivity index (χ1) is 9.26. The highest BCUT2D eigenvalue weighted by Gasteiger charge is 2.07. The lowest BCUT2D eigenvalue weighted by atomic mass is 10.2. The van der Waals surface area contributed by atoms with Crippen LogP contribution < -0.4 is 5.32 Å². The Labute approximate surface area is 119 Å². The van der Waals surface area contributed by atoms with Crippen molar-refractivity contribution in [1.29, 1.82) is 0 Å². The Morgan fingerprint density at radius 2 is 2.21 bits per heavy atom. The fraction of sp³-hybridized carbons (Fsp3) is 0.714. The van der Waals surface area contributed by atoms with Gasteiger partial charge in [-0.15, -0.1) is 11.3 Å². The topological polar surface area (TPSA) is 51.2 Å². The maximum atomic E-state index is 11.1. The van der Waals surface area contributed by atoms with Gasteiger partial charge in [-0.1, -0.05) is 26.2 Å². The summed E-state index contributed by atoms with van der Waals surface area (Å²) in [4.78, 5) is 15.5. The minimum absolute atomic E-state index is 0.231. The molecule has 108 valence electrons. The summed E-state index contributed by atoms with van der Waals surface area (Å²) in [6.07, 6.45) is 6.37. The molecule has 0 radical (unpaired) electrons. The maximum Gasteiger partial charge on any atom is 0.311 e. The fourth-order valence-corrected chi connectivity index (χ4v) is 2.56. The third-order valence-electron chi connectivity index (χ3n) is 2.88.